The SMILES string of the molecule is CC(C)C[C@H](NC(=O)Cc1ccnc(CN)c1)C(=O)Nc1ccccc1. The van der Waals surface area contributed by atoms with E-state index in [1.165, 1.54) is 0 Å². The minimum Gasteiger partial charge on any atom is -0.344 e. The summed E-state index contributed by atoms with van der Waals surface area (Å²) in [5, 5.41) is 5.71. The van der Waals surface area contributed by atoms with E-state index in [1.54, 1.807) is 18.3 Å². The summed E-state index contributed by atoms with van der Waals surface area (Å²) in [4.78, 5) is 29.1. The number of nitrogens with one attached hydrogen (secondary N) is 2. The zero-order valence-corrected chi connectivity index (χ0v) is 15.2. The normalized spacial score (nSPS) is 11.8. The second-order valence-corrected chi connectivity index (χ2v) is 6.64. The number of hydrogen-bond donors (Lipinski definition) is 3. The van der Waals surface area contributed by atoms with Crippen LogP contribution in [0.3, 0.4) is 0 Å². The summed E-state index contributed by atoms with van der Waals surface area (Å²) in [5.41, 5.74) is 7.85. The molecule has 2 rings (SSSR count). The van der Waals surface area contributed by atoms with Gasteiger partial charge < -0.3 is 16.4 Å². The number of rotatable bonds is 8. The Kier molecular flexibility index (Phi) is 7.29. The van der Waals surface area contributed by atoms with Gasteiger partial charge in [0.2, 0.25) is 11.8 Å². The highest BCUT2D eigenvalue weighted by Gasteiger charge is 2.22. The molecule has 4 N–H and O–H groups in total. The minimum absolute atomic E-state index is 0.183. The first kappa shape index (κ1) is 19.6. The molecule has 0 aliphatic rings. The van der Waals surface area contributed by atoms with Gasteiger partial charge in [0.25, 0.3) is 0 Å². The van der Waals surface area contributed by atoms with Crippen molar-refractivity contribution >= 4 is 17.5 Å². The van der Waals surface area contributed by atoms with Crippen LogP contribution in [0.2, 0.25) is 0 Å². The zero-order valence-electron chi connectivity index (χ0n) is 15.2. The van der Waals surface area contributed by atoms with Gasteiger partial charge in [-0.3, -0.25) is 14.6 Å². The van der Waals surface area contributed by atoms with Crippen LogP contribution >= 0.6 is 0 Å². The first-order valence-electron chi connectivity index (χ1n) is 8.77. The number of carbonyl (C=O) groups is 2. The van der Waals surface area contributed by atoms with Crippen molar-refractivity contribution in [1.82, 2.24) is 10.3 Å². The van der Waals surface area contributed by atoms with Crippen molar-refractivity contribution in [3.05, 3.63) is 59.9 Å². The molecule has 0 saturated heterocycles. The van der Waals surface area contributed by atoms with Crippen molar-refractivity contribution in [3.63, 3.8) is 0 Å². The van der Waals surface area contributed by atoms with E-state index >= 15 is 0 Å². The third kappa shape index (κ3) is 6.29. The molecule has 0 saturated carbocycles. The predicted octanol–water partition coefficient (Wildman–Crippen LogP) is 2.25. The molecule has 6 nitrogen and oxygen atoms in total. The number of nitrogens with two attached hydrogens (primary N) is 1. The standard InChI is InChI=1S/C20H26N4O2/c1-14(2)10-18(20(26)23-16-6-4-3-5-7-16)24-19(25)12-15-8-9-22-17(11-15)13-21/h3-9,11,14,18H,10,12-13,21H2,1-2H3,(H,23,26)(H,24,25)/t18-/m0/s1. The number of aromatic nitrogens is 1. The molecule has 1 heterocycles. The van der Waals surface area contributed by atoms with Gasteiger partial charge in [-0.25, -0.2) is 0 Å². The van der Waals surface area contributed by atoms with E-state index in [2.05, 4.69) is 15.6 Å². The maximum Gasteiger partial charge on any atom is 0.246 e. The Morgan fingerprint density at radius 3 is 2.54 bits per heavy atom. The van der Waals surface area contributed by atoms with Gasteiger partial charge in [0.15, 0.2) is 0 Å². The van der Waals surface area contributed by atoms with E-state index in [4.69, 9.17) is 5.73 Å². The number of nitrogens with zero attached hydrogens (tertiary/aromatic N) is 1. The van der Waals surface area contributed by atoms with Crippen molar-refractivity contribution in [2.24, 2.45) is 11.7 Å². The molecule has 1 aromatic heterocycles. The van der Waals surface area contributed by atoms with Gasteiger partial charge in [-0.05, 0) is 42.2 Å². The summed E-state index contributed by atoms with van der Waals surface area (Å²) in [6.07, 6.45) is 2.38. The van der Waals surface area contributed by atoms with E-state index in [-0.39, 0.29) is 24.2 Å². The highest BCUT2D eigenvalue weighted by Crippen LogP contribution is 2.11. The maximum atomic E-state index is 12.6. The molecular formula is C20H26N4O2. The molecule has 26 heavy (non-hydrogen) atoms. The molecular weight excluding hydrogens is 328 g/mol. The van der Waals surface area contributed by atoms with Crippen molar-refractivity contribution in [3.8, 4) is 0 Å². The van der Waals surface area contributed by atoms with Crippen LogP contribution in [0.4, 0.5) is 5.69 Å². The lowest BCUT2D eigenvalue weighted by Crippen LogP contribution is -2.45. The lowest BCUT2D eigenvalue weighted by atomic mass is 10.0. The number of pyridine rings is 1. The van der Waals surface area contributed by atoms with Crippen LogP contribution in [0.15, 0.2) is 48.7 Å². The van der Waals surface area contributed by atoms with Gasteiger partial charge >= 0.3 is 0 Å². The molecule has 2 aromatic rings. The molecule has 0 radical (unpaired) electrons. The summed E-state index contributed by atoms with van der Waals surface area (Å²) in [6.45, 7) is 4.36. The Bertz CT molecular complexity index is 732. The fourth-order valence-electron chi connectivity index (χ4n) is 2.63. The lowest BCUT2D eigenvalue weighted by Gasteiger charge is -2.20. The Labute approximate surface area is 154 Å². The number of anilines is 1. The van der Waals surface area contributed by atoms with Crippen LogP contribution in [-0.2, 0) is 22.6 Å². The van der Waals surface area contributed by atoms with Gasteiger partial charge in [-0.2, -0.15) is 0 Å². The summed E-state index contributed by atoms with van der Waals surface area (Å²) < 4.78 is 0. The van der Waals surface area contributed by atoms with Gasteiger partial charge in [0.05, 0.1) is 12.1 Å². The fourth-order valence-corrected chi connectivity index (χ4v) is 2.63. The quantitative estimate of drug-likeness (QED) is 0.677. The summed E-state index contributed by atoms with van der Waals surface area (Å²) >= 11 is 0. The Morgan fingerprint density at radius 1 is 1.15 bits per heavy atom. The van der Waals surface area contributed by atoms with E-state index < -0.39 is 6.04 Å². The average molecular weight is 354 g/mol. The van der Waals surface area contributed by atoms with Crippen LogP contribution < -0.4 is 16.4 Å². The molecule has 0 unspecified atom stereocenters. The van der Waals surface area contributed by atoms with E-state index in [0.29, 0.717) is 18.7 Å². The molecule has 0 fully saturated rings. The van der Waals surface area contributed by atoms with Gasteiger partial charge in [-0.15, -0.1) is 0 Å². The zero-order chi connectivity index (χ0) is 18.9. The first-order chi connectivity index (χ1) is 12.5. The van der Waals surface area contributed by atoms with Crippen molar-refractivity contribution < 1.29 is 9.59 Å². The minimum atomic E-state index is -0.585. The number of carbonyl (C=O) groups excluding carboxylic acids is 2. The molecule has 1 atom stereocenters. The average Bonchev–Trinajstić information content (AvgIpc) is 2.61. The third-order valence-electron chi connectivity index (χ3n) is 3.85. The second-order valence-electron chi connectivity index (χ2n) is 6.64. The van der Waals surface area contributed by atoms with E-state index in [9.17, 15) is 9.59 Å². The van der Waals surface area contributed by atoms with Crippen LogP contribution in [0.1, 0.15) is 31.5 Å². The van der Waals surface area contributed by atoms with Gasteiger partial charge in [-0.1, -0.05) is 32.0 Å². The predicted molar refractivity (Wildman–Crippen MR) is 102 cm³/mol. The van der Waals surface area contributed by atoms with Crippen LogP contribution in [0, 0.1) is 5.92 Å². The van der Waals surface area contributed by atoms with Crippen LogP contribution in [0.5, 0.6) is 0 Å². The van der Waals surface area contributed by atoms with Crippen molar-refractivity contribution in [1.29, 1.82) is 0 Å². The highest BCUT2D eigenvalue weighted by molar-refractivity contribution is 5.97. The van der Waals surface area contributed by atoms with Gasteiger partial charge in [0.1, 0.15) is 6.04 Å². The largest absolute Gasteiger partial charge is 0.344 e. The number of amides is 2. The molecule has 0 spiro atoms. The summed E-state index contributed by atoms with van der Waals surface area (Å²) in [5.74, 6) is -0.143. The second kappa shape index (κ2) is 9.68. The number of hydrogen-bond acceptors (Lipinski definition) is 4. The van der Waals surface area contributed by atoms with Gasteiger partial charge in [0, 0.05) is 18.4 Å². The Morgan fingerprint density at radius 2 is 1.88 bits per heavy atom. The number of para-hydroxylation sites is 1. The molecule has 138 valence electrons. The molecule has 0 aliphatic carbocycles. The Hall–Kier alpha value is -2.73. The molecule has 0 bridgehead atoms. The molecule has 6 heteroatoms. The van der Waals surface area contributed by atoms with E-state index in [1.807, 2.05) is 44.2 Å². The van der Waals surface area contributed by atoms with Crippen molar-refractivity contribution in [2.75, 3.05) is 5.32 Å². The summed E-state index contributed by atoms with van der Waals surface area (Å²) in [6, 6.07) is 12.2. The highest BCUT2D eigenvalue weighted by atomic mass is 16.2. The summed E-state index contributed by atoms with van der Waals surface area (Å²) in [7, 11) is 0. The van der Waals surface area contributed by atoms with E-state index in [0.717, 1.165) is 11.3 Å². The van der Waals surface area contributed by atoms with Crippen molar-refractivity contribution in [2.45, 2.75) is 39.3 Å². The van der Waals surface area contributed by atoms with Crippen LogP contribution in [0.25, 0.3) is 0 Å². The lowest BCUT2D eigenvalue weighted by molar-refractivity contribution is -0.126. The Balaban J connectivity index is 2.01. The maximum absolute atomic E-state index is 12.6. The third-order valence-corrected chi connectivity index (χ3v) is 3.85. The molecule has 1 aromatic carbocycles. The molecule has 0 aliphatic heterocycles. The fraction of sp³-hybridized carbons (Fsp3) is 0.350. The smallest absolute Gasteiger partial charge is 0.246 e. The molecule has 2 amide bonds. The van der Waals surface area contributed by atoms with Crippen LogP contribution in [-0.4, -0.2) is 22.8 Å². The number of benzene rings is 1. The topological polar surface area (TPSA) is 97.1 Å². The first-order valence-corrected chi connectivity index (χ1v) is 8.77. The monoisotopic (exact) mass is 354 g/mol.